The smallest absolute Gasteiger partial charge is 0.316 e. The normalized spacial score (nSPS) is 18.5. The zero-order valence-corrected chi connectivity index (χ0v) is 20.9. The fourth-order valence-electron chi connectivity index (χ4n) is 4.62. The molecule has 1 aliphatic carbocycles. The maximum atomic E-state index is 15.4. The van der Waals surface area contributed by atoms with Crippen LogP contribution >= 0.6 is 0 Å². The Hall–Kier alpha value is -2.73. The number of carbonyl (C=O) groups excluding carboxylic acids is 1. The number of hydrogen-bond donors (Lipinski definition) is 0. The minimum atomic E-state index is -0.709. The number of halogens is 2. The molecule has 1 saturated heterocycles. The van der Waals surface area contributed by atoms with Crippen molar-refractivity contribution in [1.82, 2.24) is 4.90 Å². The van der Waals surface area contributed by atoms with Crippen LogP contribution in [-0.4, -0.2) is 43.3 Å². The van der Waals surface area contributed by atoms with Gasteiger partial charge in [-0.15, -0.1) is 0 Å². The van der Waals surface area contributed by atoms with Crippen molar-refractivity contribution in [3.63, 3.8) is 0 Å². The van der Waals surface area contributed by atoms with Crippen LogP contribution in [0.4, 0.5) is 8.78 Å². The molecule has 1 atom stereocenters. The highest BCUT2D eigenvalue weighted by Gasteiger charge is 2.27. The minimum Gasteiger partial charge on any atom is -0.489 e. The molecule has 0 saturated carbocycles. The van der Waals surface area contributed by atoms with Crippen molar-refractivity contribution in [2.24, 2.45) is 5.41 Å². The van der Waals surface area contributed by atoms with Gasteiger partial charge < -0.3 is 9.47 Å². The fourth-order valence-corrected chi connectivity index (χ4v) is 4.62. The van der Waals surface area contributed by atoms with Crippen LogP contribution in [0.25, 0.3) is 5.57 Å². The molecular formula is C29H35F2NO3. The van der Waals surface area contributed by atoms with Crippen molar-refractivity contribution in [3.8, 4) is 11.5 Å². The van der Waals surface area contributed by atoms with Gasteiger partial charge in [-0.25, -0.2) is 4.39 Å². The molecule has 4 rings (SSSR count). The molecule has 0 bridgehead atoms. The third kappa shape index (κ3) is 6.10. The van der Waals surface area contributed by atoms with Crippen LogP contribution in [0.3, 0.4) is 0 Å². The van der Waals surface area contributed by atoms with Crippen LogP contribution < -0.4 is 9.47 Å². The second kappa shape index (κ2) is 10.9. The molecule has 0 N–H and O–H groups in total. The largest absolute Gasteiger partial charge is 0.489 e. The molecule has 1 fully saturated rings. The van der Waals surface area contributed by atoms with Crippen LogP contribution in [0.5, 0.6) is 11.5 Å². The number of carbonyl (C=O) groups is 1. The molecule has 2 aliphatic rings. The van der Waals surface area contributed by atoms with E-state index in [1.807, 2.05) is 30.3 Å². The molecule has 1 aliphatic heterocycles. The van der Waals surface area contributed by atoms with E-state index in [9.17, 15) is 9.18 Å². The quantitative estimate of drug-likeness (QED) is 0.339. The van der Waals surface area contributed by atoms with Gasteiger partial charge in [0, 0.05) is 19.6 Å². The zero-order chi connectivity index (χ0) is 25.0. The number of benzene rings is 2. The summed E-state index contributed by atoms with van der Waals surface area (Å²) >= 11 is 0. The van der Waals surface area contributed by atoms with Crippen molar-refractivity contribution in [2.45, 2.75) is 59.0 Å². The number of ether oxygens (including phenoxy) is 2. The summed E-state index contributed by atoms with van der Waals surface area (Å²) in [7, 11) is 0. The van der Waals surface area contributed by atoms with E-state index in [1.165, 1.54) is 0 Å². The van der Waals surface area contributed by atoms with Crippen molar-refractivity contribution >= 4 is 11.5 Å². The number of allylic oxidation sites excluding steroid dienone is 1. The molecule has 6 heteroatoms. The Labute approximate surface area is 206 Å². The lowest BCUT2D eigenvalue weighted by Crippen LogP contribution is -2.26. The van der Waals surface area contributed by atoms with E-state index in [0.29, 0.717) is 18.4 Å². The summed E-state index contributed by atoms with van der Waals surface area (Å²) in [6.07, 6.45) is 6.03. The van der Waals surface area contributed by atoms with Gasteiger partial charge in [0.25, 0.3) is 0 Å². The predicted octanol–water partition coefficient (Wildman–Crippen LogP) is 6.36. The van der Waals surface area contributed by atoms with Crippen LogP contribution in [0, 0.1) is 11.2 Å². The Morgan fingerprint density at radius 3 is 2.63 bits per heavy atom. The van der Waals surface area contributed by atoms with Crippen molar-refractivity contribution in [2.75, 3.05) is 26.3 Å². The summed E-state index contributed by atoms with van der Waals surface area (Å²) in [6, 6.07) is 11.4. The van der Waals surface area contributed by atoms with E-state index in [-0.39, 0.29) is 18.5 Å². The molecule has 1 heterocycles. The third-order valence-corrected chi connectivity index (χ3v) is 6.60. The highest BCUT2D eigenvalue weighted by molar-refractivity contribution is 5.83. The Kier molecular flexibility index (Phi) is 7.90. The Bertz CT molecular complexity index is 1070. The van der Waals surface area contributed by atoms with E-state index in [4.69, 9.17) is 9.47 Å². The van der Waals surface area contributed by atoms with Gasteiger partial charge in [0.1, 0.15) is 11.9 Å². The molecule has 35 heavy (non-hydrogen) atoms. The average Bonchev–Trinajstić information content (AvgIpc) is 3.15. The number of esters is 1. The van der Waals surface area contributed by atoms with E-state index in [0.717, 1.165) is 61.3 Å². The number of rotatable bonds is 7. The summed E-state index contributed by atoms with van der Waals surface area (Å²) in [5, 5.41) is 0. The minimum absolute atomic E-state index is 0.00852. The van der Waals surface area contributed by atoms with Gasteiger partial charge in [-0.3, -0.25) is 14.1 Å². The number of hydrogen-bond acceptors (Lipinski definition) is 4. The van der Waals surface area contributed by atoms with Crippen molar-refractivity contribution in [1.29, 1.82) is 0 Å². The van der Waals surface area contributed by atoms with Gasteiger partial charge in [0.05, 0.1) is 12.1 Å². The Morgan fingerprint density at radius 1 is 1.14 bits per heavy atom. The van der Waals surface area contributed by atoms with Gasteiger partial charge in [-0.1, -0.05) is 24.3 Å². The zero-order valence-electron chi connectivity index (χ0n) is 20.9. The van der Waals surface area contributed by atoms with Crippen LogP contribution in [0.1, 0.15) is 63.1 Å². The first-order chi connectivity index (χ1) is 16.8. The number of fused-ring (bicyclic) bond motifs is 1. The first-order valence-corrected chi connectivity index (χ1v) is 12.6. The molecule has 2 aromatic carbocycles. The van der Waals surface area contributed by atoms with E-state index in [1.54, 1.807) is 26.8 Å². The van der Waals surface area contributed by atoms with Gasteiger partial charge in [0.15, 0.2) is 11.6 Å². The average molecular weight is 484 g/mol. The van der Waals surface area contributed by atoms with Gasteiger partial charge >= 0.3 is 5.97 Å². The lowest BCUT2D eigenvalue weighted by atomic mass is 9.93. The molecule has 4 nitrogen and oxygen atoms in total. The first-order valence-electron chi connectivity index (χ1n) is 12.6. The van der Waals surface area contributed by atoms with Crippen LogP contribution in [-0.2, 0) is 11.2 Å². The number of nitrogens with zero attached hydrogens (tertiary/aromatic N) is 1. The monoisotopic (exact) mass is 483 g/mol. The van der Waals surface area contributed by atoms with E-state index < -0.39 is 17.2 Å². The molecule has 0 radical (unpaired) electrons. The van der Waals surface area contributed by atoms with Gasteiger partial charge in [-0.05, 0) is 93.3 Å². The van der Waals surface area contributed by atoms with Gasteiger partial charge in [-0.2, -0.15) is 0 Å². The number of likely N-dealkylation sites (tertiary alicyclic amines) is 1. The molecule has 0 aromatic heterocycles. The highest BCUT2D eigenvalue weighted by atomic mass is 19.1. The molecule has 0 unspecified atom stereocenters. The van der Waals surface area contributed by atoms with Crippen molar-refractivity contribution < 1.29 is 23.0 Å². The lowest BCUT2D eigenvalue weighted by molar-refractivity contribution is -0.143. The molecule has 0 amide bonds. The second-order valence-corrected chi connectivity index (χ2v) is 10.4. The molecule has 2 aromatic rings. The summed E-state index contributed by atoms with van der Waals surface area (Å²) in [5.41, 5.74) is 2.70. The molecular weight excluding hydrogens is 448 g/mol. The van der Waals surface area contributed by atoms with Crippen molar-refractivity contribution in [3.05, 3.63) is 65.0 Å². The number of alkyl halides is 1. The SMILES string of the molecule is CC(C)(C)C(=O)Oc1ccc2c(c1F)CCCC=C2c1ccc(O[C@H]2CCN(CCCF)C2)cc1. The third-order valence-electron chi connectivity index (χ3n) is 6.60. The van der Waals surface area contributed by atoms with Gasteiger partial charge in [0.2, 0.25) is 0 Å². The lowest BCUT2D eigenvalue weighted by Gasteiger charge is -2.19. The predicted molar refractivity (Wildman–Crippen MR) is 134 cm³/mol. The van der Waals surface area contributed by atoms with Crippen LogP contribution in [0.15, 0.2) is 42.5 Å². The summed E-state index contributed by atoms with van der Waals surface area (Å²) in [5.74, 6) is -0.113. The molecule has 0 spiro atoms. The van der Waals surface area contributed by atoms with E-state index in [2.05, 4.69) is 11.0 Å². The fraction of sp³-hybridized carbons (Fsp3) is 0.483. The maximum absolute atomic E-state index is 15.4. The second-order valence-electron chi connectivity index (χ2n) is 10.4. The van der Waals surface area contributed by atoms with Crippen LogP contribution in [0.2, 0.25) is 0 Å². The summed E-state index contributed by atoms with van der Waals surface area (Å²) < 4.78 is 39.4. The first kappa shape index (κ1) is 25.4. The summed E-state index contributed by atoms with van der Waals surface area (Å²) in [6.45, 7) is 7.50. The van der Waals surface area contributed by atoms with E-state index >= 15 is 4.39 Å². The maximum Gasteiger partial charge on any atom is 0.316 e. The summed E-state index contributed by atoms with van der Waals surface area (Å²) in [4.78, 5) is 14.5. The Morgan fingerprint density at radius 2 is 1.91 bits per heavy atom. The topological polar surface area (TPSA) is 38.8 Å². The Balaban J connectivity index is 1.49. The standard InChI is InChI=1S/C29H35F2NO3/c1-29(2,3)28(33)35-26-14-13-24-23(7-4-5-8-25(24)27(26)31)20-9-11-21(12-10-20)34-22-15-18-32(19-22)17-6-16-30/h7,9-14,22H,4-6,8,15-19H2,1-3H3/t22-/m0/s1. The molecule has 188 valence electrons. The highest BCUT2D eigenvalue weighted by Crippen LogP contribution is 2.36.